The number of ether oxygens (including phenoxy) is 1. The predicted molar refractivity (Wildman–Crippen MR) is 27.9 cm³/mol. The molecule has 0 amide bonds. The molecule has 0 radical (unpaired) electrons. The van der Waals surface area contributed by atoms with Crippen LogP contribution in [-0.2, 0) is 0 Å². The second-order valence-electron chi connectivity index (χ2n) is 1.11. The van der Waals surface area contributed by atoms with Crippen LogP contribution in [0.2, 0.25) is 5.28 Å². The zero-order valence-electron chi connectivity index (χ0n) is 4.18. The maximum Gasteiger partial charge on any atom is 0.336 e. The number of methoxy groups -OCH3 is 1. The zero-order valence-corrected chi connectivity index (χ0v) is 4.94. The van der Waals surface area contributed by atoms with Crippen LogP contribution in [0.4, 0.5) is 0 Å². The maximum absolute atomic E-state index is 5.33. The van der Waals surface area contributed by atoms with Gasteiger partial charge in [0.15, 0.2) is 0 Å². The Labute approximate surface area is 50.8 Å². The number of nitrogens with zero attached hydrogens (tertiary/aromatic N) is 2. The Bertz CT molecular complexity index is 175. The molecule has 0 unspecified atom stereocenters. The van der Waals surface area contributed by atoms with E-state index in [0.717, 1.165) is 0 Å². The molecule has 0 aliphatic heterocycles. The molecule has 1 aromatic heterocycles. The van der Waals surface area contributed by atoms with E-state index < -0.39 is 0 Å². The van der Waals surface area contributed by atoms with Crippen molar-refractivity contribution in [1.29, 1.82) is 0 Å². The molecule has 0 spiro atoms. The number of hydrogen-bond acceptors (Lipinski definition) is 3. The highest BCUT2D eigenvalue weighted by Gasteiger charge is 1.95. The van der Waals surface area contributed by atoms with Gasteiger partial charge < -0.3 is 4.74 Å². The first-order valence-corrected chi connectivity index (χ1v) is 2.32. The third-order valence-electron chi connectivity index (χ3n) is 0.620. The molecule has 4 nitrogen and oxygen atoms in total. The van der Waals surface area contributed by atoms with Gasteiger partial charge in [-0.2, -0.15) is 4.98 Å². The fraction of sp³-hybridized carbons (Fsp3) is 0.333. The minimum atomic E-state index is 0.238. The third kappa shape index (κ3) is 0.894. The summed E-state index contributed by atoms with van der Waals surface area (Å²) in [7, 11) is 1.47. The van der Waals surface area contributed by atoms with E-state index in [4.69, 9.17) is 11.6 Å². The predicted octanol–water partition coefficient (Wildman–Crippen LogP) is 0.467. The summed E-state index contributed by atoms with van der Waals surface area (Å²) in [5.74, 6) is 0. The molecule has 0 aromatic carbocycles. The lowest BCUT2D eigenvalue weighted by Gasteiger charge is -1.82. The SMILES string of the molecule is COc1n[nH]c(Cl)n1. The van der Waals surface area contributed by atoms with E-state index in [-0.39, 0.29) is 11.3 Å². The Balaban J connectivity index is 2.84. The van der Waals surface area contributed by atoms with Crippen LogP contribution in [0, 0.1) is 0 Å². The first-order chi connectivity index (χ1) is 3.83. The molecule has 0 atom stereocenters. The van der Waals surface area contributed by atoms with Crippen molar-refractivity contribution in [3.8, 4) is 6.01 Å². The summed E-state index contributed by atoms with van der Waals surface area (Å²) in [5.41, 5.74) is 0. The molecule has 0 saturated heterocycles. The Morgan fingerprint density at radius 1 is 1.75 bits per heavy atom. The minimum absolute atomic E-state index is 0.238. The average Bonchev–Trinajstić information content (AvgIpc) is 2.14. The summed E-state index contributed by atoms with van der Waals surface area (Å²) >= 11 is 5.33. The Morgan fingerprint density at radius 2 is 2.50 bits per heavy atom. The van der Waals surface area contributed by atoms with Crippen molar-refractivity contribution in [2.45, 2.75) is 0 Å². The van der Waals surface area contributed by atoms with Gasteiger partial charge in [0.05, 0.1) is 7.11 Å². The van der Waals surface area contributed by atoms with Gasteiger partial charge in [0.25, 0.3) is 0 Å². The van der Waals surface area contributed by atoms with Crippen LogP contribution in [0.5, 0.6) is 6.01 Å². The van der Waals surface area contributed by atoms with Crippen molar-refractivity contribution in [3.63, 3.8) is 0 Å². The standard InChI is InChI=1S/C3H4ClN3O/c1-8-3-5-2(4)6-7-3/h1H3,(H,5,6,7). The highest BCUT2D eigenvalue weighted by Crippen LogP contribution is 2.03. The monoisotopic (exact) mass is 133 g/mol. The van der Waals surface area contributed by atoms with Gasteiger partial charge in [-0.05, 0) is 11.6 Å². The molecule has 0 bridgehead atoms. The number of rotatable bonds is 1. The van der Waals surface area contributed by atoms with Gasteiger partial charge in [-0.3, -0.25) is 0 Å². The van der Waals surface area contributed by atoms with Gasteiger partial charge in [-0.1, -0.05) is 0 Å². The summed E-state index contributed by atoms with van der Waals surface area (Å²) in [4.78, 5) is 3.61. The topological polar surface area (TPSA) is 50.8 Å². The van der Waals surface area contributed by atoms with Gasteiger partial charge in [0.1, 0.15) is 0 Å². The van der Waals surface area contributed by atoms with Crippen molar-refractivity contribution in [3.05, 3.63) is 5.28 Å². The minimum Gasteiger partial charge on any atom is -0.466 e. The lowest BCUT2D eigenvalue weighted by atomic mass is 11.2. The van der Waals surface area contributed by atoms with Crippen LogP contribution >= 0.6 is 11.6 Å². The van der Waals surface area contributed by atoms with E-state index in [1.807, 2.05) is 0 Å². The van der Waals surface area contributed by atoms with E-state index in [2.05, 4.69) is 19.9 Å². The summed E-state index contributed by atoms with van der Waals surface area (Å²) in [6.07, 6.45) is 0. The molecule has 1 aromatic rings. The van der Waals surface area contributed by atoms with Crippen molar-refractivity contribution in [1.82, 2.24) is 15.2 Å². The molecule has 1 heterocycles. The van der Waals surface area contributed by atoms with Crippen LogP contribution < -0.4 is 4.74 Å². The van der Waals surface area contributed by atoms with E-state index in [9.17, 15) is 0 Å². The molecule has 1 N–H and O–H groups in total. The number of aromatic amines is 1. The number of halogens is 1. The fourth-order valence-electron chi connectivity index (χ4n) is 0.319. The van der Waals surface area contributed by atoms with Gasteiger partial charge >= 0.3 is 6.01 Å². The van der Waals surface area contributed by atoms with Crippen molar-refractivity contribution < 1.29 is 4.74 Å². The van der Waals surface area contributed by atoms with Gasteiger partial charge in [0.2, 0.25) is 5.28 Å². The van der Waals surface area contributed by atoms with Gasteiger partial charge in [-0.25, -0.2) is 5.10 Å². The first kappa shape index (κ1) is 5.37. The Kier molecular flexibility index (Phi) is 1.34. The number of H-pyrrole nitrogens is 1. The normalized spacial score (nSPS) is 9.25. The second-order valence-corrected chi connectivity index (χ2v) is 1.47. The van der Waals surface area contributed by atoms with Crippen molar-refractivity contribution in [2.75, 3.05) is 7.11 Å². The lowest BCUT2D eigenvalue weighted by molar-refractivity contribution is 0.382. The van der Waals surface area contributed by atoms with E-state index in [1.165, 1.54) is 7.11 Å². The lowest BCUT2D eigenvalue weighted by Crippen LogP contribution is -1.82. The molecule has 0 aliphatic rings. The molecule has 5 heteroatoms. The van der Waals surface area contributed by atoms with Crippen molar-refractivity contribution in [2.24, 2.45) is 0 Å². The van der Waals surface area contributed by atoms with Crippen LogP contribution in [0.15, 0.2) is 0 Å². The van der Waals surface area contributed by atoms with Crippen LogP contribution in [0.25, 0.3) is 0 Å². The van der Waals surface area contributed by atoms with Crippen molar-refractivity contribution >= 4 is 11.6 Å². The third-order valence-corrected chi connectivity index (χ3v) is 0.789. The van der Waals surface area contributed by atoms with Gasteiger partial charge in [0, 0.05) is 0 Å². The summed E-state index contributed by atoms with van der Waals surface area (Å²) in [6, 6.07) is 0.259. The quantitative estimate of drug-likeness (QED) is 0.606. The largest absolute Gasteiger partial charge is 0.466 e. The molecular weight excluding hydrogens is 130 g/mol. The number of nitrogens with one attached hydrogen (secondary N) is 1. The summed E-state index contributed by atoms with van der Waals surface area (Å²) in [6.45, 7) is 0. The molecule has 1 rings (SSSR count). The average molecular weight is 134 g/mol. The van der Waals surface area contributed by atoms with Crippen LogP contribution in [0.3, 0.4) is 0 Å². The molecule has 8 heavy (non-hydrogen) atoms. The zero-order chi connectivity index (χ0) is 5.98. The highest BCUT2D eigenvalue weighted by molar-refractivity contribution is 6.28. The molecule has 0 saturated carbocycles. The van der Waals surface area contributed by atoms with E-state index >= 15 is 0 Å². The number of aromatic nitrogens is 3. The smallest absolute Gasteiger partial charge is 0.336 e. The van der Waals surface area contributed by atoms with Crippen LogP contribution in [-0.4, -0.2) is 22.3 Å². The fourth-order valence-corrected chi connectivity index (χ4v) is 0.434. The molecule has 0 fully saturated rings. The summed E-state index contributed by atoms with van der Waals surface area (Å²) < 4.78 is 4.60. The Morgan fingerprint density at radius 3 is 2.75 bits per heavy atom. The molecule has 44 valence electrons. The van der Waals surface area contributed by atoms with E-state index in [1.54, 1.807) is 0 Å². The maximum atomic E-state index is 5.33. The Hall–Kier alpha value is -0.770. The summed E-state index contributed by atoms with van der Waals surface area (Å²) in [5, 5.41) is 6.18. The van der Waals surface area contributed by atoms with Gasteiger partial charge in [-0.15, -0.1) is 5.10 Å². The highest BCUT2D eigenvalue weighted by atomic mass is 35.5. The van der Waals surface area contributed by atoms with Crippen LogP contribution in [0.1, 0.15) is 0 Å². The molecular formula is C3H4ClN3O. The first-order valence-electron chi connectivity index (χ1n) is 1.95. The van der Waals surface area contributed by atoms with E-state index in [0.29, 0.717) is 0 Å². The second kappa shape index (κ2) is 2.00. The number of hydrogen-bond donors (Lipinski definition) is 1. The molecule has 0 aliphatic carbocycles.